The minimum Gasteiger partial charge on any atom is -0.103 e. The Morgan fingerprint density at radius 3 is 2.31 bits per heavy atom. The minimum atomic E-state index is -0.0570. The lowest BCUT2D eigenvalue weighted by Crippen LogP contribution is -2.30. The van der Waals surface area contributed by atoms with Gasteiger partial charge in [0.15, 0.2) is 0 Å². The Morgan fingerprint density at radius 2 is 1.88 bits per heavy atom. The van der Waals surface area contributed by atoms with Crippen molar-refractivity contribution >= 4 is 7.92 Å². The van der Waals surface area contributed by atoms with Gasteiger partial charge in [0.2, 0.25) is 0 Å². The molecule has 1 atom stereocenters. The third kappa shape index (κ3) is 3.08. The Morgan fingerprint density at radius 1 is 1.31 bits per heavy atom. The highest BCUT2D eigenvalue weighted by Crippen LogP contribution is 2.60. The van der Waals surface area contributed by atoms with Crippen LogP contribution < -0.4 is 0 Å². The van der Waals surface area contributed by atoms with E-state index in [0.29, 0.717) is 10.3 Å². The fourth-order valence-electron chi connectivity index (χ4n) is 2.19. The maximum atomic E-state index is 3.86. The zero-order chi connectivity index (χ0) is 12.2. The number of hydrogen-bond donors (Lipinski definition) is 0. The molecule has 0 amide bonds. The fraction of sp³-hybridized carbons (Fsp3) is 0.600. The lowest BCUT2D eigenvalue weighted by atomic mass is 9.97. The van der Waals surface area contributed by atoms with Gasteiger partial charge >= 0.3 is 0 Å². The maximum absolute atomic E-state index is 3.86. The van der Waals surface area contributed by atoms with Crippen LogP contribution in [0.4, 0.5) is 0 Å². The Kier molecular flexibility index (Phi) is 4.56. The van der Waals surface area contributed by atoms with E-state index in [1.807, 2.05) is 6.08 Å². The molecule has 90 valence electrons. The van der Waals surface area contributed by atoms with Crippen LogP contribution in [-0.2, 0) is 0 Å². The van der Waals surface area contributed by atoms with Crippen molar-refractivity contribution in [3.05, 3.63) is 37.0 Å². The molecule has 1 rings (SSSR count). The topological polar surface area (TPSA) is 0 Å². The van der Waals surface area contributed by atoms with Gasteiger partial charge in [-0.05, 0) is 31.1 Å². The zero-order valence-electron chi connectivity index (χ0n) is 11.2. The lowest BCUT2D eigenvalue weighted by Gasteiger charge is -2.43. The summed E-state index contributed by atoms with van der Waals surface area (Å²) >= 11 is 0. The third-order valence-electron chi connectivity index (χ3n) is 3.46. The van der Waals surface area contributed by atoms with Gasteiger partial charge in [-0.15, -0.1) is 6.58 Å². The Labute approximate surface area is 102 Å². The SMILES string of the molecule is C=CCCC1(P(C)C(C)(C)C)C=CCC=C1. The monoisotopic (exact) mass is 236 g/mol. The van der Waals surface area contributed by atoms with E-state index in [-0.39, 0.29) is 7.92 Å². The summed E-state index contributed by atoms with van der Waals surface area (Å²) in [6.07, 6.45) is 15.0. The van der Waals surface area contributed by atoms with Gasteiger partial charge in [0, 0.05) is 5.16 Å². The van der Waals surface area contributed by atoms with Gasteiger partial charge in [0.25, 0.3) is 0 Å². The molecule has 0 aliphatic heterocycles. The van der Waals surface area contributed by atoms with E-state index in [1.165, 1.54) is 6.42 Å². The van der Waals surface area contributed by atoms with E-state index in [9.17, 15) is 0 Å². The van der Waals surface area contributed by atoms with Gasteiger partial charge in [0.1, 0.15) is 0 Å². The van der Waals surface area contributed by atoms with Crippen LogP contribution in [0.15, 0.2) is 37.0 Å². The van der Waals surface area contributed by atoms with Crippen LogP contribution in [0.3, 0.4) is 0 Å². The van der Waals surface area contributed by atoms with Crippen LogP contribution >= 0.6 is 7.92 Å². The van der Waals surface area contributed by atoms with Gasteiger partial charge in [-0.25, -0.2) is 0 Å². The molecule has 0 bridgehead atoms. The number of rotatable bonds is 4. The van der Waals surface area contributed by atoms with E-state index < -0.39 is 0 Å². The predicted molar refractivity (Wildman–Crippen MR) is 77.7 cm³/mol. The molecule has 0 nitrogen and oxygen atoms in total. The van der Waals surface area contributed by atoms with Crippen molar-refractivity contribution in [3.8, 4) is 0 Å². The summed E-state index contributed by atoms with van der Waals surface area (Å²) in [6.45, 7) is 13.4. The van der Waals surface area contributed by atoms with Crippen LogP contribution in [-0.4, -0.2) is 17.0 Å². The van der Waals surface area contributed by atoms with Gasteiger partial charge in [-0.3, -0.25) is 0 Å². The number of hydrogen-bond acceptors (Lipinski definition) is 0. The third-order valence-corrected chi connectivity index (χ3v) is 7.25. The van der Waals surface area contributed by atoms with Crippen LogP contribution in [0, 0.1) is 0 Å². The molecule has 1 aliphatic rings. The summed E-state index contributed by atoms with van der Waals surface area (Å²) < 4.78 is 0. The molecule has 0 fully saturated rings. The van der Waals surface area contributed by atoms with E-state index in [1.54, 1.807) is 0 Å². The van der Waals surface area contributed by atoms with Gasteiger partial charge < -0.3 is 0 Å². The summed E-state index contributed by atoms with van der Waals surface area (Å²) in [4.78, 5) is 0. The second-order valence-corrected chi connectivity index (χ2v) is 8.88. The van der Waals surface area contributed by atoms with Crippen LogP contribution in [0.1, 0.15) is 40.0 Å². The van der Waals surface area contributed by atoms with E-state index in [4.69, 9.17) is 0 Å². The molecule has 0 spiro atoms. The molecule has 0 N–H and O–H groups in total. The van der Waals surface area contributed by atoms with Crippen LogP contribution in [0.5, 0.6) is 0 Å². The summed E-state index contributed by atoms with van der Waals surface area (Å²) in [5, 5.41) is 0.711. The molecule has 0 aromatic rings. The Hall–Kier alpha value is -0.350. The van der Waals surface area contributed by atoms with Crippen LogP contribution in [0.25, 0.3) is 0 Å². The Bertz CT molecular complexity index is 279. The van der Waals surface area contributed by atoms with Gasteiger partial charge in [-0.1, -0.05) is 59.1 Å². The van der Waals surface area contributed by atoms with E-state index in [2.05, 4.69) is 58.3 Å². The molecule has 0 radical (unpaired) electrons. The molecule has 0 saturated heterocycles. The molecular formula is C15H25P. The van der Waals surface area contributed by atoms with Crippen molar-refractivity contribution in [2.24, 2.45) is 0 Å². The molecule has 0 aromatic heterocycles. The fourth-order valence-corrected chi connectivity index (χ4v) is 4.57. The van der Waals surface area contributed by atoms with E-state index in [0.717, 1.165) is 12.8 Å². The van der Waals surface area contributed by atoms with Crippen LogP contribution in [0.2, 0.25) is 0 Å². The smallest absolute Gasteiger partial charge is 0.0267 e. The zero-order valence-corrected chi connectivity index (χ0v) is 12.1. The summed E-state index contributed by atoms with van der Waals surface area (Å²) in [7, 11) is -0.0570. The highest BCUT2D eigenvalue weighted by atomic mass is 31.1. The van der Waals surface area contributed by atoms with E-state index >= 15 is 0 Å². The van der Waals surface area contributed by atoms with Crippen molar-refractivity contribution in [1.29, 1.82) is 0 Å². The first-order valence-electron chi connectivity index (χ1n) is 6.12. The molecule has 0 aromatic carbocycles. The summed E-state index contributed by atoms with van der Waals surface area (Å²) in [5.74, 6) is 0. The van der Waals surface area contributed by atoms with Crippen molar-refractivity contribution in [2.75, 3.05) is 6.66 Å². The first-order chi connectivity index (χ1) is 7.42. The molecule has 1 unspecified atom stereocenters. The molecule has 0 heterocycles. The average Bonchev–Trinajstić information content (AvgIpc) is 2.25. The highest BCUT2D eigenvalue weighted by Gasteiger charge is 2.37. The van der Waals surface area contributed by atoms with Gasteiger partial charge in [-0.2, -0.15) is 0 Å². The van der Waals surface area contributed by atoms with Crippen molar-refractivity contribution in [3.63, 3.8) is 0 Å². The largest absolute Gasteiger partial charge is 0.103 e. The second-order valence-electron chi connectivity index (χ2n) is 5.59. The quantitative estimate of drug-likeness (QED) is 0.469. The summed E-state index contributed by atoms with van der Waals surface area (Å²) in [6, 6.07) is 0. The highest BCUT2D eigenvalue weighted by molar-refractivity contribution is 7.60. The minimum absolute atomic E-state index is 0.0570. The molecule has 0 saturated carbocycles. The summed E-state index contributed by atoms with van der Waals surface area (Å²) in [5.41, 5.74) is 0. The second kappa shape index (κ2) is 5.32. The molecule has 16 heavy (non-hydrogen) atoms. The standard InChI is InChI=1S/C15H25P/c1-6-7-11-15(12-9-8-10-13-15)16(5)14(2,3)4/h6,9-10,12-13H,1,7-8,11H2,2-5H3. The van der Waals surface area contributed by atoms with Crippen molar-refractivity contribution < 1.29 is 0 Å². The van der Waals surface area contributed by atoms with Crippen molar-refractivity contribution in [2.45, 2.75) is 50.3 Å². The van der Waals surface area contributed by atoms with Crippen molar-refractivity contribution in [1.82, 2.24) is 0 Å². The molecule has 1 aliphatic carbocycles. The maximum Gasteiger partial charge on any atom is 0.0267 e. The lowest BCUT2D eigenvalue weighted by molar-refractivity contribution is 0.700. The molecular weight excluding hydrogens is 211 g/mol. The first-order valence-corrected chi connectivity index (χ1v) is 7.91. The number of allylic oxidation sites excluding steroid dienone is 5. The normalized spacial score (nSPS) is 20.8. The average molecular weight is 236 g/mol. The predicted octanol–water partition coefficient (Wildman–Crippen LogP) is 5.12. The first kappa shape index (κ1) is 13.7. The Balaban J connectivity index is 2.94. The molecule has 1 heteroatoms. The van der Waals surface area contributed by atoms with Gasteiger partial charge in [0.05, 0.1) is 0 Å².